The van der Waals surface area contributed by atoms with Crippen molar-refractivity contribution in [3.05, 3.63) is 30.3 Å². The van der Waals surface area contributed by atoms with Gasteiger partial charge in [-0.25, -0.2) is 0 Å². The zero-order valence-corrected chi connectivity index (χ0v) is 14.3. The molecule has 0 aliphatic rings. The first-order valence-electron chi connectivity index (χ1n) is 5.77. The lowest BCUT2D eigenvalue weighted by atomic mass is 10.4. The van der Waals surface area contributed by atoms with E-state index in [0.717, 1.165) is 0 Å². The number of hydrogen-bond acceptors (Lipinski definition) is 2. The van der Waals surface area contributed by atoms with Gasteiger partial charge >= 0.3 is 8.56 Å². The molecular weight excluding hydrogens is 248 g/mol. The molecule has 1 unspecified atom stereocenters. The molecule has 2 nitrogen and oxygen atoms in total. The lowest BCUT2D eigenvalue weighted by Gasteiger charge is -2.34. The maximum Gasteiger partial charge on any atom is 0.348 e. The Morgan fingerprint density at radius 2 is 1.56 bits per heavy atom. The van der Waals surface area contributed by atoms with E-state index in [2.05, 4.69) is 57.0 Å². The van der Waals surface area contributed by atoms with Gasteiger partial charge in [0.25, 0.3) is 0 Å². The highest BCUT2D eigenvalue weighted by molar-refractivity contribution is 6.90. The lowest BCUT2D eigenvalue weighted by molar-refractivity contribution is 0.422. The first kappa shape index (κ1) is 13.9. The van der Waals surface area contributed by atoms with Crippen LogP contribution in [-0.2, 0) is 8.23 Å². The average Bonchev–Trinajstić information content (AvgIpc) is 2.16. The first-order chi connectivity index (χ1) is 7.37. The quantitative estimate of drug-likeness (QED) is 0.762. The van der Waals surface area contributed by atoms with Gasteiger partial charge < -0.3 is 8.23 Å². The van der Waals surface area contributed by atoms with Crippen LogP contribution in [0.4, 0.5) is 0 Å². The van der Waals surface area contributed by atoms with Crippen molar-refractivity contribution in [2.75, 3.05) is 0 Å². The van der Waals surface area contributed by atoms with Gasteiger partial charge in [0.1, 0.15) is 9.76 Å². The second-order valence-electron chi connectivity index (χ2n) is 4.96. The zero-order valence-electron chi connectivity index (χ0n) is 10.9. The van der Waals surface area contributed by atoms with E-state index in [1.807, 2.05) is 6.07 Å². The normalized spacial score (nSPS) is 16.6. The molecule has 0 saturated carbocycles. The van der Waals surface area contributed by atoms with Crippen LogP contribution in [0.1, 0.15) is 0 Å². The minimum Gasteiger partial charge on any atom is -0.439 e. The smallest absolute Gasteiger partial charge is 0.348 e. The lowest BCUT2D eigenvalue weighted by Crippen LogP contribution is -2.56. The van der Waals surface area contributed by atoms with Gasteiger partial charge in [-0.15, -0.1) is 0 Å². The highest BCUT2D eigenvalue weighted by Crippen LogP contribution is 2.15. The van der Waals surface area contributed by atoms with Crippen molar-refractivity contribution in [3.8, 4) is 0 Å². The first-order valence-corrected chi connectivity index (χ1v) is 13.5. The van der Waals surface area contributed by atoms with Crippen LogP contribution in [0.3, 0.4) is 0 Å². The summed E-state index contributed by atoms with van der Waals surface area (Å²) in [5.74, 6) is 0. The molecule has 0 N–H and O–H groups in total. The van der Waals surface area contributed by atoms with Gasteiger partial charge in [-0.3, -0.25) is 0 Å². The van der Waals surface area contributed by atoms with Crippen LogP contribution in [0, 0.1) is 0 Å². The molecule has 16 heavy (non-hydrogen) atoms. The molecule has 0 fully saturated rings. The monoisotopic (exact) mass is 270 g/mol. The Bertz CT molecular complexity index is 324. The summed E-state index contributed by atoms with van der Waals surface area (Å²) in [7, 11) is -4.14. The second kappa shape index (κ2) is 5.42. The molecule has 5 heteroatoms. The summed E-state index contributed by atoms with van der Waals surface area (Å²) in [6.07, 6.45) is 0. The van der Waals surface area contributed by atoms with Gasteiger partial charge in [-0.2, -0.15) is 0 Å². The Hall–Kier alpha value is -0.209. The third kappa shape index (κ3) is 3.99. The molecule has 0 amide bonds. The Balaban J connectivity index is 2.97. The van der Waals surface area contributed by atoms with E-state index < -0.39 is 26.6 Å². The molecule has 1 atom stereocenters. The predicted octanol–water partition coefficient (Wildman–Crippen LogP) is 1.97. The molecule has 0 bridgehead atoms. The number of hydrogen-bond donors (Lipinski definition) is 0. The second-order valence-corrected chi connectivity index (χ2v) is 14.2. The third-order valence-corrected chi connectivity index (χ3v) is 11.0. The van der Waals surface area contributed by atoms with Crippen molar-refractivity contribution in [3.63, 3.8) is 0 Å². The maximum absolute atomic E-state index is 6.34. The highest BCUT2D eigenvalue weighted by Gasteiger charge is 2.37. The Labute approximate surface area is 103 Å². The third-order valence-electron chi connectivity index (χ3n) is 2.22. The summed E-state index contributed by atoms with van der Waals surface area (Å²) in [5, 5.41) is 1.26. The summed E-state index contributed by atoms with van der Waals surface area (Å²) >= 11 is 0. The fourth-order valence-corrected chi connectivity index (χ4v) is 11.4. The van der Waals surface area contributed by atoms with Crippen molar-refractivity contribution in [2.24, 2.45) is 0 Å². The SMILES string of the molecule is C[SiH2]O[Si](C)(O[Si](C)(C)C)c1ccccc1. The van der Waals surface area contributed by atoms with E-state index >= 15 is 0 Å². The highest BCUT2D eigenvalue weighted by atomic mass is 28.5. The summed E-state index contributed by atoms with van der Waals surface area (Å²) < 4.78 is 12.4. The van der Waals surface area contributed by atoms with Gasteiger partial charge in [0.05, 0.1) is 0 Å². The van der Waals surface area contributed by atoms with Crippen LogP contribution in [0.15, 0.2) is 30.3 Å². The van der Waals surface area contributed by atoms with Crippen LogP contribution >= 0.6 is 0 Å². The summed E-state index contributed by atoms with van der Waals surface area (Å²) in [5.41, 5.74) is 0. The summed E-state index contributed by atoms with van der Waals surface area (Å²) in [6.45, 7) is 11.0. The molecule has 1 rings (SSSR count). The molecule has 90 valence electrons. The van der Waals surface area contributed by atoms with Crippen LogP contribution in [0.25, 0.3) is 0 Å². The standard InChI is InChI=1S/C11H22O2Si3/c1-14-12-16(5,13-15(2,3)4)11-9-7-6-8-10-11/h6-10H,14H2,1-5H3. The van der Waals surface area contributed by atoms with E-state index in [1.165, 1.54) is 5.19 Å². The minimum absolute atomic E-state index is 0.444. The van der Waals surface area contributed by atoms with E-state index in [1.54, 1.807) is 0 Å². The molecular formula is C11H22O2Si3. The zero-order chi connectivity index (χ0) is 12.2. The average molecular weight is 271 g/mol. The van der Waals surface area contributed by atoms with E-state index in [0.29, 0.717) is 0 Å². The van der Waals surface area contributed by atoms with Crippen LogP contribution in [0.5, 0.6) is 0 Å². The molecule has 1 aromatic rings. The van der Waals surface area contributed by atoms with Crippen molar-refractivity contribution in [1.82, 2.24) is 0 Å². The number of rotatable bonds is 5. The van der Waals surface area contributed by atoms with Gasteiger partial charge in [0.2, 0.25) is 0 Å². The molecule has 0 spiro atoms. The molecule has 0 saturated heterocycles. The summed E-state index contributed by atoms with van der Waals surface area (Å²) in [4.78, 5) is 0. The van der Waals surface area contributed by atoms with Crippen LogP contribution < -0.4 is 5.19 Å². The van der Waals surface area contributed by atoms with Crippen LogP contribution in [-0.4, -0.2) is 26.6 Å². The minimum atomic E-state index is -2.14. The molecule has 1 aromatic carbocycles. The van der Waals surface area contributed by atoms with E-state index in [4.69, 9.17) is 8.23 Å². The van der Waals surface area contributed by atoms with Crippen LogP contribution in [0.2, 0.25) is 32.7 Å². The molecule has 0 heterocycles. The van der Waals surface area contributed by atoms with E-state index in [-0.39, 0.29) is 0 Å². The van der Waals surface area contributed by atoms with Gasteiger partial charge in [0, 0.05) is 0 Å². The van der Waals surface area contributed by atoms with Crippen molar-refractivity contribution < 1.29 is 8.23 Å². The van der Waals surface area contributed by atoms with Gasteiger partial charge in [-0.05, 0) is 31.4 Å². The Morgan fingerprint density at radius 3 is 2.00 bits per heavy atom. The van der Waals surface area contributed by atoms with Gasteiger partial charge in [-0.1, -0.05) is 36.9 Å². The van der Waals surface area contributed by atoms with E-state index in [9.17, 15) is 0 Å². The Kier molecular flexibility index (Phi) is 4.69. The van der Waals surface area contributed by atoms with Crippen molar-refractivity contribution in [1.29, 1.82) is 0 Å². The van der Waals surface area contributed by atoms with Gasteiger partial charge in [0.15, 0.2) is 8.32 Å². The number of benzene rings is 1. The van der Waals surface area contributed by atoms with Crippen molar-refractivity contribution >= 4 is 31.8 Å². The molecule has 0 aliphatic heterocycles. The topological polar surface area (TPSA) is 18.5 Å². The molecule has 0 aromatic heterocycles. The maximum atomic E-state index is 6.34. The molecule has 0 aliphatic carbocycles. The fourth-order valence-electron chi connectivity index (χ4n) is 1.77. The van der Waals surface area contributed by atoms with Crippen molar-refractivity contribution in [2.45, 2.75) is 32.7 Å². The fraction of sp³-hybridized carbons (Fsp3) is 0.455. The summed E-state index contributed by atoms with van der Waals surface area (Å²) in [6, 6.07) is 10.4. The predicted molar refractivity (Wildman–Crippen MR) is 77.6 cm³/mol. The Morgan fingerprint density at radius 1 is 1.00 bits per heavy atom. The largest absolute Gasteiger partial charge is 0.439 e. The molecule has 0 radical (unpaired) electrons.